The fourth-order valence-electron chi connectivity index (χ4n) is 3.45. The molecule has 29 heavy (non-hydrogen) atoms. The van der Waals surface area contributed by atoms with Crippen molar-refractivity contribution in [2.45, 2.75) is 24.2 Å². The van der Waals surface area contributed by atoms with Crippen molar-refractivity contribution in [2.75, 3.05) is 6.26 Å². The molecule has 4 rings (SSSR count). The molecule has 0 aliphatic heterocycles. The summed E-state index contributed by atoms with van der Waals surface area (Å²) in [4.78, 5) is 22.5. The Bertz CT molecular complexity index is 1190. The molecule has 4 aromatic rings. The van der Waals surface area contributed by atoms with E-state index in [1.165, 1.54) is 5.56 Å². The molecule has 6 heteroatoms. The number of aryl methyl sites for hydroxylation is 2. The van der Waals surface area contributed by atoms with Crippen molar-refractivity contribution in [1.29, 1.82) is 0 Å². The standard InChI is InChI=1S/C23H21N3O2S/c1-29(28)21-9-3-8-20(16-21)26-22-18(7-4-12-25-22)15-19(23(26)27)6-2-5-17-10-13-24-14-11-17/h3-4,7-16H,2,5-6H2,1H3. The summed E-state index contributed by atoms with van der Waals surface area (Å²) in [5.41, 5.74) is 3.17. The number of benzene rings is 1. The molecule has 5 nitrogen and oxygen atoms in total. The third-order valence-electron chi connectivity index (χ3n) is 4.90. The smallest absolute Gasteiger partial charge is 0.259 e. The fourth-order valence-corrected chi connectivity index (χ4v) is 4.01. The van der Waals surface area contributed by atoms with Gasteiger partial charge in [-0.25, -0.2) is 4.98 Å². The van der Waals surface area contributed by atoms with Gasteiger partial charge in [0.2, 0.25) is 0 Å². The molecule has 0 N–H and O–H groups in total. The van der Waals surface area contributed by atoms with E-state index in [0.717, 1.165) is 23.8 Å². The zero-order valence-corrected chi connectivity index (χ0v) is 16.9. The highest BCUT2D eigenvalue weighted by Gasteiger charge is 2.14. The number of hydrogen-bond acceptors (Lipinski definition) is 4. The van der Waals surface area contributed by atoms with E-state index >= 15 is 0 Å². The number of fused-ring (bicyclic) bond motifs is 1. The van der Waals surface area contributed by atoms with Crippen LogP contribution in [0.4, 0.5) is 0 Å². The molecule has 1 unspecified atom stereocenters. The minimum absolute atomic E-state index is 0.0787. The Hall–Kier alpha value is -2.96. The van der Waals surface area contributed by atoms with Gasteiger partial charge >= 0.3 is 0 Å². The van der Waals surface area contributed by atoms with Crippen LogP contribution >= 0.6 is 0 Å². The lowest BCUT2D eigenvalue weighted by Crippen LogP contribution is -2.23. The van der Waals surface area contributed by atoms with Crippen LogP contribution in [0.2, 0.25) is 0 Å². The van der Waals surface area contributed by atoms with Gasteiger partial charge in [0.05, 0.1) is 5.69 Å². The van der Waals surface area contributed by atoms with Crippen LogP contribution in [0.3, 0.4) is 0 Å². The molecule has 0 amide bonds. The molecule has 1 atom stereocenters. The minimum atomic E-state index is -1.13. The van der Waals surface area contributed by atoms with Crippen LogP contribution in [0.5, 0.6) is 0 Å². The molecule has 0 radical (unpaired) electrons. The van der Waals surface area contributed by atoms with Gasteiger partial charge in [0.15, 0.2) is 4.90 Å². The van der Waals surface area contributed by atoms with Gasteiger partial charge in [-0.15, -0.1) is 0 Å². The molecule has 0 bridgehead atoms. The van der Waals surface area contributed by atoms with Crippen molar-refractivity contribution in [2.24, 2.45) is 0 Å². The van der Waals surface area contributed by atoms with Crippen molar-refractivity contribution in [3.05, 3.63) is 94.7 Å². The van der Waals surface area contributed by atoms with Crippen LogP contribution < -0.4 is 5.56 Å². The van der Waals surface area contributed by atoms with Gasteiger partial charge in [0.25, 0.3) is 5.56 Å². The second-order valence-electron chi connectivity index (χ2n) is 6.89. The average Bonchev–Trinajstić information content (AvgIpc) is 2.75. The SMILES string of the molecule is C[S+]([O-])c1cccc(-n2c(=O)c(CCCc3ccncc3)cc3cccnc32)c1. The largest absolute Gasteiger partial charge is 0.612 e. The van der Waals surface area contributed by atoms with Crippen molar-refractivity contribution in [1.82, 2.24) is 14.5 Å². The van der Waals surface area contributed by atoms with Gasteiger partial charge in [-0.3, -0.25) is 14.3 Å². The van der Waals surface area contributed by atoms with Crippen molar-refractivity contribution >= 4 is 22.2 Å². The molecule has 1 aromatic carbocycles. The average molecular weight is 404 g/mol. The van der Waals surface area contributed by atoms with Crippen molar-refractivity contribution < 1.29 is 4.55 Å². The lowest BCUT2D eigenvalue weighted by molar-refractivity contribution is 0.600. The molecule has 0 saturated carbocycles. The highest BCUT2D eigenvalue weighted by atomic mass is 32.2. The summed E-state index contributed by atoms with van der Waals surface area (Å²) in [7, 11) is 0. The Morgan fingerprint density at radius 2 is 1.83 bits per heavy atom. The highest BCUT2D eigenvalue weighted by molar-refractivity contribution is 7.90. The molecular formula is C23H21N3O2S. The highest BCUT2D eigenvalue weighted by Crippen LogP contribution is 2.19. The number of hydrogen-bond donors (Lipinski definition) is 0. The van der Waals surface area contributed by atoms with Gasteiger partial charge in [0, 0.05) is 35.6 Å². The van der Waals surface area contributed by atoms with Gasteiger partial charge < -0.3 is 4.55 Å². The van der Waals surface area contributed by atoms with E-state index < -0.39 is 11.2 Å². The summed E-state index contributed by atoms with van der Waals surface area (Å²) in [5.74, 6) is 0. The van der Waals surface area contributed by atoms with Crippen LogP contribution in [-0.4, -0.2) is 25.3 Å². The topological polar surface area (TPSA) is 70.8 Å². The maximum atomic E-state index is 13.3. The predicted octanol–water partition coefficient (Wildman–Crippen LogP) is 3.69. The summed E-state index contributed by atoms with van der Waals surface area (Å²) in [6.45, 7) is 0. The number of rotatable bonds is 6. The van der Waals surface area contributed by atoms with E-state index in [9.17, 15) is 9.35 Å². The molecule has 3 aromatic heterocycles. The summed E-state index contributed by atoms with van der Waals surface area (Å²) in [5, 5.41) is 0.911. The second kappa shape index (κ2) is 8.59. The van der Waals surface area contributed by atoms with Crippen LogP contribution in [0, 0.1) is 0 Å². The molecular weight excluding hydrogens is 382 g/mol. The van der Waals surface area contributed by atoms with E-state index in [-0.39, 0.29) is 5.56 Å². The van der Waals surface area contributed by atoms with Crippen LogP contribution in [0.15, 0.2) is 82.9 Å². The zero-order chi connectivity index (χ0) is 20.2. The lowest BCUT2D eigenvalue weighted by atomic mass is 10.0. The maximum absolute atomic E-state index is 13.3. The summed E-state index contributed by atoms with van der Waals surface area (Å²) in [6.07, 6.45) is 9.31. The van der Waals surface area contributed by atoms with E-state index in [4.69, 9.17) is 0 Å². The van der Waals surface area contributed by atoms with E-state index in [1.807, 2.05) is 42.5 Å². The maximum Gasteiger partial charge on any atom is 0.259 e. The number of aromatic nitrogens is 3. The number of pyridine rings is 3. The molecule has 0 aliphatic carbocycles. The molecule has 3 heterocycles. The predicted molar refractivity (Wildman–Crippen MR) is 116 cm³/mol. The first-order valence-corrected chi connectivity index (χ1v) is 11.0. The normalized spacial score (nSPS) is 12.2. The second-order valence-corrected chi connectivity index (χ2v) is 8.27. The summed E-state index contributed by atoms with van der Waals surface area (Å²) < 4.78 is 13.6. The Balaban J connectivity index is 1.74. The van der Waals surface area contributed by atoms with E-state index in [1.54, 1.807) is 41.5 Å². The third-order valence-corrected chi connectivity index (χ3v) is 5.82. The Kier molecular flexibility index (Phi) is 5.74. The van der Waals surface area contributed by atoms with Crippen molar-refractivity contribution in [3.8, 4) is 5.69 Å². The van der Waals surface area contributed by atoms with Crippen LogP contribution in [-0.2, 0) is 24.0 Å². The first kappa shape index (κ1) is 19.4. The first-order chi connectivity index (χ1) is 14.1. The van der Waals surface area contributed by atoms with Crippen LogP contribution in [0.1, 0.15) is 17.5 Å². The summed E-state index contributed by atoms with van der Waals surface area (Å²) >= 11 is -1.13. The third kappa shape index (κ3) is 4.23. The summed E-state index contributed by atoms with van der Waals surface area (Å²) in [6, 6.07) is 17.1. The van der Waals surface area contributed by atoms with E-state index in [2.05, 4.69) is 9.97 Å². The molecule has 0 spiro atoms. The Morgan fingerprint density at radius 1 is 1.00 bits per heavy atom. The Labute approximate surface area is 172 Å². The minimum Gasteiger partial charge on any atom is -0.612 e. The quantitative estimate of drug-likeness (QED) is 0.460. The monoisotopic (exact) mass is 403 g/mol. The Morgan fingerprint density at radius 3 is 2.62 bits per heavy atom. The molecule has 0 saturated heterocycles. The zero-order valence-electron chi connectivity index (χ0n) is 16.1. The van der Waals surface area contributed by atoms with Crippen LogP contribution in [0.25, 0.3) is 16.7 Å². The van der Waals surface area contributed by atoms with Gasteiger partial charge in [-0.2, -0.15) is 0 Å². The lowest BCUT2D eigenvalue weighted by Gasteiger charge is -2.13. The van der Waals surface area contributed by atoms with E-state index in [0.29, 0.717) is 22.7 Å². The van der Waals surface area contributed by atoms with Gasteiger partial charge in [0.1, 0.15) is 11.9 Å². The van der Waals surface area contributed by atoms with Gasteiger partial charge in [-0.05, 0) is 78.5 Å². The molecule has 146 valence electrons. The molecule has 0 fully saturated rings. The number of nitrogens with zero attached hydrogens (tertiary/aromatic N) is 3. The molecule has 0 aliphatic rings. The van der Waals surface area contributed by atoms with Gasteiger partial charge in [-0.1, -0.05) is 6.07 Å². The first-order valence-electron chi connectivity index (χ1n) is 9.46. The fraction of sp³-hybridized carbons (Fsp3) is 0.174. The van der Waals surface area contributed by atoms with Crippen molar-refractivity contribution in [3.63, 3.8) is 0 Å².